The average Bonchev–Trinajstić information content (AvgIpc) is 2.33. The van der Waals surface area contributed by atoms with Gasteiger partial charge in [0.25, 0.3) is 0 Å². The Kier molecular flexibility index (Phi) is 6.33. The van der Waals surface area contributed by atoms with Crippen molar-refractivity contribution in [1.29, 1.82) is 0 Å². The molecule has 0 fully saturated rings. The summed E-state index contributed by atoms with van der Waals surface area (Å²) in [6.45, 7) is 3.32. The molecule has 1 N–H and O–H groups in total. The van der Waals surface area contributed by atoms with Gasteiger partial charge in [-0.1, -0.05) is 12.1 Å². The normalized spacial score (nSPS) is 10.2. The van der Waals surface area contributed by atoms with Crippen LogP contribution in [-0.2, 0) is 11.2 Å². The number of Topliss-reactive ketones (excluding diaryl/α,β-unsaturated/α-hetero) is 1. The fourth-order valence-corrected chi connectivity index (χ4v) is 1.51. The van der Waals surface area contributed by atoms with Crippen molar-refractivity contribution in [3.05, 3.63) is 29.8 Å². The maximum atomic E-state index is 10.9. The second-order valence-electron chi connectivity index (χ2n) is 4.15. The molecule has 0 amide bonds. The van der Waals surface area contributed by atoms with Gasteiger partial charge in [-0.15, -0.1) is 0 Å². The second kappa shape index (κ2) is 7.85. The molecule has 0 radical (unpaired) electrons. The smallest absolute Gasteiger partial charge is 0.130 e. The van der Waals surface area contributed by atoms with Crippen molar-refractivity contribution < 1.29 is 9.53 Å². The lowest BCUT2D eigenvalue weighted by atomic mass is 10.1. The van der Waals surface area contributed by atoms with Crippen LogP contribution in [0.5, 0.6) is 5.75 Å². The van der Waals surface area contributed by atoms with Crippen LogP contribution in [0.4, 0.5) is 0 Å². The summed E-state index contributed by atoms with van der Waals surface area (Å²) in [6, 6.07) is 7.98. The first kappa shape index (κ1) is 13.7. The van der Waals surface area contributed by atoms with Gasteiger partial charge < -0.3 is 14.8 Å². The summed E-state index contributed by atoms with van der Waals surface area (Å²) in [5, 5.41) is 3.08. The van der Waals surface area contributed by atoms with Crippen molar-refractivity contribution in [3.63, 3.8) is 0 Å². The standard InChI is InChI=1S/C14H21NO2/c1-12(16)4-5-13-6-8-14(9-7-13)17-11-3-10-15-2/h6-9,15H,3-5,10-11H2,1-2H3. The molecule has 1 aromatic carbocycles. The largest absolute Gasteiger partial charge is 0.494 e. The molecule has 0 heterocycles. The summed E-state index contributed by atoms with van der Waals surface area (Å²) in [7, 11) is 1.93. The van der Waals surface area contributed by atoms with Crippen molar-refractivity contribution >= 4 is 5.78 Å². The fraction of sp³-hybridized carbons (Fsp3) is 0.500. The van der Waals surface area contributed by atoms with Gasteiger partial charge in [0.15, 0.2) is 0 Å². The van der Waals surface area contributed by atoms with Gasteiger partial charge in [-0.2, -0.15) is 0 Å². The fourth-order valence-electron chi connectivity index (χ4n) is 1.51. The minimum absolute atomic E-state index is 0.234. The summed E-state index contributed by atoms with van der Waals surface area (Å²) in [6.07, 6.45) is 2.43. The Balaban J connectivity index is 2.31. The quantitative estimate of drug-likeness (QED) is 0.702. The lowest BCUT2D eigenvalue weighted by molar-refractivity contribution is -0.116. The van der Waals surface area contributed by atoms with E-state index in [-0.39, 0.29) is 5.78 Å². The molecule has 94 valence electrons. The van der Waals surface area contributed by atoms with E-state index in [1.165, 1.54) is 5.56 Å². The molecule has 0 aromatic heterocycles. The average molecular weight is 235 g/mol. The molecule has 3 nitrogen and oxygen atoms in total. The minimum atomic E-state index is 0.234. The van der Waals surface area contributed by atoms with Gasteiger partial charge >= 0.3 is 0 Å². The van der Waals surface area contributed by atoms with Gasteiger partial charge in [0.1, 0.15) is 11.5 Å². The van der Waals surface area contributed by atoms with E-state index in [0.29, 0.717) is 6.42 Å². The van der Waals surface area contributed by atoms with Crippen molar-refractivity contribution in [3.8, 4) is 5.75 Å². The van der Waals surface area contributed by atoms with E-state index in [4.69, 9.17) is 4.74 Å². The number of nitrogens with one attached hydrogen (secondary N) is 1. The Labute approximate surface area is 103 Å². The first-order valence-electron chi connectivity index (χ1n) is 6.08. The van der Waals surface area contributed by atoms with Gasteiger partial charge in [-0.25, -0.2) is 0 Å². The third-order valence-electron chi connectivity index (χ3n) is 2.53. The van der Waals surface area contributed by atoms with E-state index < -0.39 is 0 Å². The van der Waals surface area contributed by atoms with E-state index >= 15 is 0 Å². The molecular formula is C14H21NO2. The third-order valence-corrected chi connectivity index (χ3v) is 2.53. The number of ether oxygens (including phenoxy) is 1. The number of benzene rings is 1. The molecule has 17 heavy (non-hydrogen) atoms. The maximum Gasteiger partial charge on any atom is 0.130 e. The van der Waals surface area contributed by atoms with Crippen LogP contribution in [-0.4, -0.2) is 26.0 Å². The van der Waals surface area contributed by atoms with Crippen LogP contribution in [0.2, 0.25) is 0 Å². The molecule has 0 saturated heterocycles. The number of carbonyl (C=O) groups excluding carboxylic acids is 1. The summed E-state index contributed by atoms with van der Waals surface area (Å²) in [4.78, 5) is 10.9. The summed E-state index contributed by atoms with van der Waals surface area (Å²) >= 11 is 0. The van der Waals surface area contributed by atoms with Gasteiger partial charge in [-0.3, -0.25) is 0 Å². The van der Waals surface area contributed by atoms with E-state index in [2.05, 4.69) is 5.32 Å². The van der Waals surface area contributed by atoms with Crippen molar-refractivity contribution in [2.45, 2.75) is 26.2 Å². The molecule has 0 unspecified atom stereocenters. The van der Waals surface area contributed by atoms with Crippen LogP contribution in [0.25, 0.3) is 0 Å². The van der Waals surface area contributed by atoms with Gasteiger partial charge in [-0.05, 0) is 51.1 Å². The van der Waals surface area contributed by atoms with Crippen LogP contribution < -0.4 is 10.1 Å². The van der Waals surface area contributed by atoms with E-state index in [1.54, 1.807) is 6.92 Å². The van der Waals surface area contributed by atoms with Crippen molar-refractivity contribution in [2.75, 3.05) is 20.2 Å². The lowest BCUT2D eigenvalue weighted by Gasteiger charge is -2.06. The molecule has 0 saturated carbocycles. The number of carbonyl (C=O) groups is 1. The van der Waals surface area contributed by atoms with Crippen LogP contribution in [0.3, 0.4) is 0 Å². The maximum absolute atomic E-state index is 10.9. The Bertz CT molecular complexity index is 333. The van der Waals surface area contributed by atoms with Crippen molar-refractivity contribution in [2.24, 2.45) is 0 Å². The highest BCUT2D eigenvalue weighted by Gasteiger charge is 1.98. The number of rotatable bonds is 8. The van der Waals surface area contributed by atoms with Gasteiger partial charge in [0.05, 0.1) is 6.61 Å². The Morgan fingerprint density at radius 3 is 2.59 bits per heavy atom. The zero-order valence-corrected chi connectivity index (χ0v) is 10.7. The van der Waals surface area contributed by atoms with Crippen LogP contribution in [0.15, 0.2) is 24.3 Å². The van der Waals surface area contributed by atoms with Crippen LogP contribution >= 0.6 is 0 Å². The first-order chi connectivity index (χ1) is 8.22. The van der Waals surface area contributed by atoms with E-state index in [1.807, 2.05) is 31.3 Å². The zero-order chi connectivity index (χ0) is 12.5. The molecular weight excluding hydrogens is 214 g/mol. The molecule has 1 rings (SSSR count). The first-order valence-corrected chi connectivity index (χ1v) is 6.08. The highest BCUT2D eigenvalue weighted by Crippen LogP contribution is 2.13. The topological polar surface area (TPSA) is 38.3 Å². The van der Waals surface area contributed by atoms with E-state index in [0.717, 1.165) is 31.7 Å². The highest BCUT2D eigenvalue weighted by molar-refractivity contribution is 5.75. The zero-order valence-electron chi connectivity index (χ0n) is 10.7. The molecule has 0 bridgehead atoms. The summed E-state index contributed by atoms with van der Waals surface area (Å²) in [5.74, 6) is 1.13. The van der Waals surface area contributed by atoms with Gasteiger partial charge in [0.2, 0.25) is 0 Å². The molecule has 1 aromatic rings. The predicted molar refractivity (Wildman–Crippen MR) is 69.5 cm³/mol. The third kappa shape index (κ3) is 6.07. The molecule has 0 aliphatic rings. The number of hydrogen-bond donors (Lipinski definition) is 1. The molecule has 0 aliphatic heterocycles. The SMILES string of the molecule is CNCCCOc1ccc(CCC(C)=O)cc1. The lowest BCUT2D eigenvalue weighted by Crippen LogP contribution is -2.11. The Hall–Kier alpha value is -1.35. The Morgan fingerprint density at radius 2 is 2.00 bits per heavy atom. The second-order valence-corrected chi connectivity index (χ2v) is 4.15. The highest BCUT2D eigenvalue weighted by atomic mass is 16.5. The molecule has 0 atom stereocenters. The van der Waals surface area contributed by atoms with Gasteiger partial charge in [0, 0.05) is 6.42 Å². The number of aryl methyl sites for hydroxylation is 1. The molecule has 0 aliphatic carbocycles. The number of hydrogen-bond acceptors (Lipinski definition) is 3. The number of ketones is 1. The van der Waals surface area contributed by atoms with E-state index in [9.17, 15) is 4.79 Å². The van der Waals surface area contributed by atoms with Crippen LogP contribution in [0, 0.1) is 0 Å². The molecule has 0 spiro atoms. The predicted octanol–water partition coefficient (Wildman–Crippen LogP) is 2.20. The minimum Gasteiger partial charge on any atom is -0.494 e. The summed E-state index contributed by atoms with van der Waals surface area (Å²) < 4.78 is 5.58. The van der Waals surface area contributed by atoms with Crippen LogP contribution in [0.1, 0.15) is 25.3 Å². The van der Waals surface area contributed by atoms with Crippen molar-refractivity contribution in [1.82, 2.24) is 5.32 Å². The monoisotopic (exact) mass is 235 g/mol. The molecule has 3 heteroatoms. The Morgan fingerprint density at radius 1 is 1.29 bits per heavy atom. The summed E-state index contributed by atoms with van der Waals surface area (Å²) in [5.41, 5.74) is 1.18.